The summed E-state index contributed by atoms with van der Waals surface area (Å²) < 4.78 is 10.6. The third-order valence-corrected chi connectivity index (χ3v) is 2.69. The quantitative estimate of drug-likeness (QED) is 0.703. The van der Waals surface area contributed by atoms with Crippen LogP contribution in [0.2, 0.25) is 0 Å². The molecule has 0 aliphatic carbocycles. The fourth-order valence-corrected chi connectivity index (χ4v) is 1.69. The number of allylic oxidation sites excluding steroid dienone is 2. The monoisotopic (exact) mass is 220 g/mol. The van der Waals surface area contributed by atoms with Crippen molar-refractivity contribution in [1.82, 2.24) is 0 Å². The zero-order valence-corrected chi connectivity index (χ0v) is 10.5. The number of rotatable bonds is 5. The normalized spacial score (nSPS) is 12.8. The van der Waals surface area contributed by atoms with Gasteiger partial charge in [0.25, 0.3) is 0 Å². The summed E-state index contributed by atoms with van der Waals surface area (Å²) in [6.07, 6.45) is 5.26. The highest BCUT2D eigenvalue weighted by Crippen LogP contribution is 2.32. The first-order chi connectivity index (χ1) is 7.72. The predicted octanol–water partition coefficient (Wildman–Crippen LogP) is 3.77. The first-order valence-corrected chi connectivity index (χ1v) is 5.56. The number of benzene rings is 1. The Hall–Kier alpha value is -1.44. The third-order valence-electron chi connectivity index (χ3n) is 2.69. The van der Waals surface area contributed by atoms with Crippen LogP contribution in [0.15, 0.2) is 30.4 Å². The standard InChI is InChI=1S/C14H20O2/c1-5-6-7-11(2)13-10-12(15-3)8-9-14(13)16-4/h5-6,8-11H,7H2,1-4H3/b6-5-. The van der Waals surface area contributed by atoms with Crippen LogP contribution in [0.25, 0.3) is 0 Å². The second-order valence-corrected chi connectivity index (χ2v) is 3.81. The molecule has 0 spiro atoms. The summed E-state index contributed by atoms with van der Waals surface area (Å²) in [6, 6.07) is 5.93. The van der Waals surface area contributed by atoms with Crippen LogP contribution in [-0.2, 0) is 0 Å². The molecule has 1 atom stereocenters. The van der Waals surface area contributed by atoms with Crippen molar-refractivity contribution in [3.05, 3.63) is 35.9 Å². The van der Waals surface area contributed by atoms with Crippen molar-refractivity contribution in [3.8, 4) is 11.5 Å². The number of methoxy groups -OCH3 is 2. The Kier molecular flexibility index (Phi) is 4.90. The number of hydrogen-bond acceptors (Lipinski definition) is 2. The molecule has 0 fully saturated rings. The van der Waals surface area contributed by atoms with E-state index in [0.29, 0.717) is 5.92 Å². The van der Waals surface area contributed by atoms with E-state index >= 15 is 0 Å². The van der Waals surface area contributed by atoms with Crippen molar-refractivity contribution in [2.45, 2.75) is 26.2 Å². The fraction of sp³-hybridized carbons (Fsp3) is 0.429. The summed E-state index contributed by atoms with van der Waals surface area (Å²) in [6.45, 7) is 4.23. The van der Waals surface area contributed by atoms with Gasteiger partial charge < -0.3 is 9.47 Å². The van der Waals surface area contributed by atoms with E-state index in [-0.39, 0.29) is 0 Å². The van der Waals surface area contributed by atoms with Crippen LogP contribution in [0.5, 0.6) is 11.5 Å². The van der Waals surface area contributed by atoms with Gasteiger partial charge in [0.1, 0.15) is 11.5 Å². The minimum atomic E-state index is 0.432. The van der Waals surface area contributed by atoms with Crippen LogP contribution in [0.1, 0.15) is 31.7 Å². The minimum absolute atomic E-state index is 0.432. The molecule has 0 saturated carbocycles. The van der Waals surface area contributed by atoms with E-state index < -0.39 is 0 Å². The Balaban J connectivity index is 2.98. The van der Waals surface area contributed by atoms with Gasteiger partial charge in [-0.2, -0.15) is 0 Å². The molecule has 1 rings (SSSR count). The van der Waals surface area contributed by atoms with Gasteiger partial charge in [-0.25, -0.2) is 0 Å². The summed E-state index contributed by atoms with van der Waals surface area (Å²) >= 11 is 0. The highest BCUT2D eigenvalue weighted by Gasteiger charge is 2.11. The Bertz CT molecular complexity index is 356. The van der Waals surface area contributed by atoms with Gasteiger partial charge >= 0.3 is 0 Å². The number of hydrogen-bond donors (Lipinski definition) is 0. The van der Waals surface area contributed by atoms with Gasteiger partial charge in [-0.1, -0.05) is 19.1 Å². The molecule has 0 aromatic heterocycles. The van der Waals surface area contributed by atoms with Gasteiger partial charge in [0, 0.05) is 5.56 Å². The summed E-state index contributed by atoms with van der Waals surface area (Å²) in [4.78, 5) is 0. The van der Waals surface area contributed by atoms with Gasteiger partial charge in [-0.05, 0) is 37.5 Å². The van der Waals surface area contributed by atoms with Crippen molar-refractivity contribution in [1.29, 1.82) is 0 Å². The van der Waals surface area contributed by atoms with E-state index in [2.05, 4.69) is 19.1 Å². The molecule has 1 unspecified atom stereocenters. The fourth-order valence-electron chi connectivity index (χ4n) is 1.69. The Labute approximate surface area is 97.9 Å². The van der Waals surface area contributed by atoms with Gasteiger partial charge in [-0.15, -0.1) is 0 Å². The maximum absolute atomic E-state index is 5.37. The van der Waals surface area contributed by atoms with Gasteiger partial charge in [0.05, 0.1) is 14.2 Å². The average molecular weight is 220 g/mol. The molecule has 88 valence electrons. The molecule has 0 aliphatic rings. The first-order valence-electron chi connectivity index (χ1n) is 5.56. The largest absolute Gasteiger partial charge is 0.497 e. The van der Waals surface area contributed by atoms with Crippen LogP contribution < -0.4 is 9.47 Å². The molecule has 0 aliphatic heterocycles. The van der Waals surface area contributed by atoms with Gasteiger partial charge in [0.2, 0.25) is 0 Å². The number of ether oxygens (including phenoxy) is 2. The zero-order valence-electron chi connectivity index (χ0n) is 10.5. The molecule has 0 N–H and O–H groups in total. The molecule has 0 bridgehead atoms. The van der Waals surface area contributed by atoms with Crippen molar-refractivity contribution in [3.63, 3.8) is 0 Å². The Morgan fingerprint density at radius 2 is 2.00 bits per heavy atom. The van der Waals surface area contributed by atoms with E-state index in [4.69, 9.17) is 9.47 Å². The highest BCUT2D eigenvalue weighted by molar-refractivity contribution is 5.42. The zero-order chi connectivity index (χ0) is 12.0. The molecule has 0 heterocycles. The van der Waals surface area contributed by atoms with Gasteiger partial charge in [0.15, 0.2) is 0 Å². The van der Waals surface area contributed by atoms with Crippen LogP contribution >= 0.6 is 0 Å². The maximum atomic E-state index is 5.37. The van der Waals surface area contributed by atoms with Crippen molar-refractivity contribution in [2.24, 2.45) is 0 Å². The van der Waals surface area contributed by atoms with E-state index in [1.807, 2.05) is 25.1 Å². The van der Waals surface area contributed by atoms with E-state index in [1.54, 1.807) is 14.2 Å². The van der Waals surface area contributed by atoms with Gasteiger partial charge in [-0.3, -0.25) is 0 Å². The lowest BCUT2D eigenvalue weighted by Gasteiger charge is -2.15. The summed E-state index contributed by atoms with van der Waals surface area (Å²) in [7, 11) is 3.38. The van der Waals surface area contributed by atoms with Crippen LogP contribution in [0.4, 0.5) is 0 Å². The SMILES string of the molecule is C/C=C\CC(C)c1cc(OC)ccc1OC. The third kappa shape index (κ3) is 3.02. The second-order valence-electron chi connectivity index (χ2n) is 3.81. The molecule has 1 aromatic carbocycles. The molecule has 2 nitrogen and oxygen atoms in total. The molecule has 1 aromatic rings. The van der Waals surface area contributed by atoms with E-state index in [1.165, 1.54) is 5.56 Å². The molecule has 0 amide bonds. The lowest BCUT2D eigenvalue weighted by molar-refractivity contribution is 0.396. The molecular formula is C14H20O2. The average Bonchev–Trinajstić information content (AvgIpc) is 2.35. The lowest BCUT2D eigenvalue weighted by atomic mass is 9.96. The van der Waals surface area contributed by atoms with Crippen molar-refractivity contribution in [2.75, 3.05) is 14.2 Å². The van der Waals surface area contributed by atoms with Crippen molar-refractivity contribution >= 4 is 0 Å². The van der Waals surface area contributed by atoms with Crippen LogP contribution in [0, 0.1) is 0 Å². The first kappa shape index (κ1) is 12.6. The maximum Gasteiger partial charge on any atom is 0.122 e. The minimum Gasteiger partial charge on any atom is -0.497 e. The smallest absolute Gasteiger partial charge is 0.122 e. The summed E-state index contributed by atoms with van der Waals surface area (Å²) in [5.74, 6) is 2.24. The molecular weight excluding hydrogens is 200 g/mol. The Morgan fingerprint density at radius 3 is 2.56 bits per heavy atom. The molecule has 16 heavy (non-hydrogen) atoms. The molecule has 0 saturated heterocycles. The second kappa shape index (κ2) is 6.21. The van der Waals surface area contributed by atoms with E-state index in [9.17, 15) is 0 Å². The van der Waals surface area contributed by atoms with Crippen LogP contribution in [-0.4, -0.2) is 14.2 Å². The summed E-state index contributed by atoms with van der Waals surface area (Å²) in [5, 5.41) is 0. The van der Waals surface area contributed by atoms with Crippen LogP contribution in [0.3, 0.4) is 0 Å². The topological polar surface area (TPSA) is 18.5 Å². The van der Waals surface area contributed by atoms with E-state index in [0.717, 1.165) is 17.9 Å². The summed E-state index contributed by atoms with van der Waals surface area (Å²) in [5.41, 5.74) is 1.19. The lowest BCUT2D eigenvalue weighted by Crippen LogP contribution is -1.98. The van der Waals surface area contributed by atoms with Crippen molar-refractivity contribution < 1.29 is 9.47 Å². The highest BCUT2D eigenvalue weighted by atomic mass is 16.5. The molecule has 0 radical (unpaired) electrons. The predicted molar refractivity (Wildman–Crippen MR) is 67.4 cm³/mol. The molecule has 2 heteroatoms. The Morgan fingerprint density at radius 1 is 1.25 bits per heavy atom.